The van der Waals surface area contributed by atoms with Crippen molar-refractivity contribution in [2.24, 2.45) is 10.4 Å². The second kappa shape index (κ2) is 4.24. The molecule has 0 atom stereocenters. The van der Waals surface area contributed by atoms with Gasteiger partial charge in [0.1, 0.15) is 0 Å². The van der Waals surface area contributed by atoms with Crippen LogP contribution in [0.4, 0.5) is 0 Å². The van der Waals surface area contributed by atoms with Crippen LogP contribution >= 0.6 is 0 Å². The van der Waals surface area contributed by atoms with Gasteiger partial charge in [-0.05, 0) is 18.3 Å². The zero-order valence-electron chi connectivity index (χ0n) is 6.98. The molecule has 2 heteroatoms. The van der Waals surface area contributed by atoms with Crippen molar-refractivity contribution < 1.29 is 4.79 Å². The van der Waals surface area contributed by atoms with Crippen LogP contribution in [0.5, 0.6) is 0 Å². The largest absolute Gasteiger partial charge is 0.234 e. The number of isocyanates is 1. The molecule has 0 bridgehead atoms. The predicted molar refractivity (Wildman–Crippen MR) is 41.7 cm³/mol. The molecule has 58 valence electrons. The third-order valence-electron chi connectivity index (χ3n) is 1.26. The molecule has 0 aromatic carbocycles. The van der Waals surface area contributed by atoms with E-state index in [0.29, 0.717) is 12.0 Å². The highest BCUT2D eigenvalue weighted by atomic mass is 16.1. The highest BCUT2D eigenvalue weighted by Gasteiger charge is 2.08. The van der Waals surface area contributed by atoms with E-state index in [4.69, 9.17) is 0 Å². The lowest BCUT2D eigenvalue weighted by Crippen LogP contribution is -2.04. The maximum atomic E-state index is 9.64. The van der Waals surface area contributed by atoms with E-state index < -0.39 is 0 Å². The Balaban J connectivity index is 3.28. The van der Waals surface area contributed by atoms with E-state index in [9.17, 15) is 4.79 Å². The Hall–Kier alpha value is -0.620. The van der Waals surface area contributed by atoms with Gasteiger partial charge in [0, 0.05) is 0 Å². The molecule has 10 heavy (non-hydrogen) atoms. The molecule has 0 aromatic heterocycles. The molecular formula is C8H15NO. The van der Waals surface area contributed by atoms with Crippen LogP contribution in [0.1, 0.15) is 33.6 Å². The number of aliphatic imine (C=N–C) groups is 1. The average molecular weight is 141 g/mol. The smallest absolute Gasteiger partial charge is 0.211 e. The van der Waals surface area contributed by atoms with E-state index in [1.54, 1.807) is 0 Å². The van der Waals surface area contributed by atoms with E-state index >= 15 is 0 Å². The van der Waals surface area contributed by atoms with Crippen molar-refractivity contribution in [1.29, 1.82) is 0 Å². The minimum absolute atomic E-state index is 0.360. The molecule has 0 aliphatic carbocycles. The van der Waals surface area contributed by atoms with E-state index in [2.05, 4.69) is 25.8 Å². The third-order valence-corrected chi connectivity index (χ3v) is 1.26. The van der Waals surface area contributed by atoms with Gasteiger partial charge in [-0.2, -0.15) is 0 Å². The van der Waals surface area contributed by atoms with Crippen molar-refractivity contribution in [3.63, 3.8) is 0 Å². The normalized spacial score (nSPS) is 10.7. The van der Waals surface area contributed by atoms with Crippen molar-refractivity contribution >= 4 is 6.08 Å². The molecule has 0 heterocycles. The van der Waals surface area contributed by atoms with Gasteiger partial charge in [-0.15, -0.1) is 0 Å². The average Bonchev–Trinajstić information content (AvgIpc) is 1.78. The Labute approximate surface area is 62.4 Å². The van der Waals surface area contributed by atoms with Gasteiger partial charge in [-0.1, -0.05) is 20.8 Å². The van der Waals surface area contributed by atoms with Gasteiger partial charge in [-0.3, -0.25) is 0 Å². The molecule has 0 aromatic rings. The first-order valence-electron chi connectivity index (χ1n) is 3.60. The minimum atomic E-state index is 0.360. The Morgan fingerprint density at radius 2 is 2.00 bits per heavy atom. The highest BCUT2D eigenvalue weighted by Crippen LogP contribution is 2.19. The van der Waals surface area contributed by atoms with E-state index in [-0.39, 0.29) is 0 Å². The van der Waals surface area contributed by atoms with Gasteiger partial charge in [0.15, 0.2) is 0 Å². The fourth-order valence-electron chi connectivity index (χ4n) is 0.734. The van der Waals surface area contributed by atoms with Crippen molar-refractivity contribution in [2.75, 3.05) is 6.54 Å². The Bertz CT molecular complexity index is 129. The van der Waals surface area contributed by atoms with Crippen LogP contribution in [-0.2, 0) is 4.79 Å². The molecule has 2 nitrogen and oxygen atoms in total. The summed E-state index contributed by atoms with van der Waals surface area (Å²) in [5.41, 5.74) is 0.360. The van der Waals surface area contributed by atoms with E-state index in [1.165, 1.54) is 6.08 Å². The number of carbonyl (C=O) groups excluding carboxylic acids is 1. The van der Waals surface area contributed by atoms with Gasteiger partial charge in [-0.25, -0.2) is 9.79 Å². The van der Waals surface area contributed by atoms with Crippen LogP contribution in [0.25, 0.3) is 0 Å². The first-order chi connectivity index (χ1) is 4.56. The molecule has 0 N–H and O–H groups in total. The van der Waals surface area contributed by atoms with Crippen LogP contribution in [-0.4, -0.2) is 12.6 Å². The molecular weight excluding hydrogens is 126 g/mol. The molecule has 0 fully saturated rings. The fourth-order valence-corrected chi connectivity index (χ4v) is 0.734. The first kappa shape index (κ1) is 9.38. The summed E-state index contributed by atoms with van der Waals surface area (Å²) in [5, 5.41) is 0. The second-order valence-electron chi connectivity index (χ2n) is 3.64. The number of nitrogens with zero attached hydrogens (tertiary/aromatic N) is 1. The van der Waals surface area contributed by atoms with Crippen LogP contribution in [0.2, 0.25) is 0 Å². The number of hydrogen-bond donors (Lipinski definition) is 0. The predicted octanol–water partition coefficient (Wildman–Crippen LogP) is 2.15. The maximum Gasteiger partial charge on any atom is 0.234 e. The lowest BCUT2D eigenvalue weighted by atomic mass is 9.91. The van der Waals surface area contributed by atoms with Gasteiger partial charge < -0.3 is 0 Å². The Morgan fingerprint density at radius 3 is 2.40 bits per heavy atom. The summed E-state index contributed by atoms with van der Waals surface area (Å²) in [6.45, 7) is 7.16. The lowest BCUT2D eigenvalue weighted by molar-refractivity contribution is 0.368. The summed E-state index contributed by atoms with van der Waals surface area (Å²) in [6.07, 6.45) is 3.62. The second-order valence-corrected chi connectivity index (χ2v) is 3.64. The van der Waals surface area contributed by atoms with E-state index in [1.807, 2.05) is 0 Å². The van der Waals surface area contributed by atoms with Crippen molar-refractivity contribution in [3.05, 3.63) is 0 Å². The summed E-state index contributed by atoms with van der Waals surface area (Å²) in [5.74, 6) is 0. The maximum absolute atomic E-state index is 9.64. The van der Waals surface area contributed by atoms with Crippen LogP contribution in [0.3, 0.4) is 0 Å². The SMILES string of the molecule is CC(C)(C)CCCN=C=O. The zero-order valence-corrected chi connectivity index (χ0v) is 6.98. The number of rotatable bonds is 3. The first-order valence-corrected chi connectivity index (χ1v) is 3.60. The van der Waals surface area contributed by atoms with Crippen molar-refractivity contribution in [1.82, 2.24) is 0 Å². The quantitative estimate of drug-likeness (QED) is 0.336. The molecule has 0 aliphatic rings. The summed E-state index contributed by atoms with van der Waals surface area (Å²) in [4.78, 5) is 13.1. The van der Waals surface area contributed by atoms with E-state index in [0.717, 1.165) is 12.8 Å². The zero-order chi connectivity index (χ0) is 8.04. The monoisotopic (exact) mass is 141 g/mol. The molecule has 0 spiro atoms. The number of hydrogen-bond acceptors (Lipinski definition) is 2. The van der Waals surface area contributed by atoms with Gasteiger partial charge in [0.25, 0.3) is 0 Å². The molecule has 0 saturated heterocycles. The van der Waals surface area contributed by atoms with Gasteiger partial charge >= 0.3 is 0 Å². The standard InChI is InChI=1S/C8H15NO/c1-8(2,3)5-4-6-9-7-10/h4-6H2,1-3H3. The highest BCUT2D eigenvalue weighted by molar-refractivity contribution is 5.32. The lowest BCUT2D eigenvalue weighted by Gasteiger charge is -2.16. The molecule has 0 radical (unpaired) electrons. The van der Waals surface area contributed by atoms with Crippen LogP contribution in [0, 0.1) is 5.41 Å². The van der Waals surface area contributed by atoms with Crippen LogP contribution < -0.4 is 0 Å². The van der Waals surface area contributed by atoms with Crippen molar-refractivity contribution in [2.45, 2.75) is 33.6 Å². The Kier molecular flexibility index (Phi) is 3.97. The third kappa shape index (κ3) is 7.38. The van der Waals surface area contributed by atoms with Gasteiger partial charge in [0.05, 0.1) is 6.54 Å². The summed E-state index contributed by atoms with van der Waals surface area (Å²) >= 11 is 0. The summed E-state index contributed by atoms with van der Waals surface area (Å²) in [7, 11) is 0. The van der Waals surface area contributed by atoms with Crippen LogP contribution in [0.15, 0.2) is 4.99 Å². The summed E-state index contributed by atoms with van der Waals surface area (Å²) in [6, 6.07) is 0. The molecule has 0 unspecified atom stereocenters. The molecule has 0 amide bonds. The Morgan fingerprint density at radius 1 is 1.40 bits per heavy atom. The minimum Gasteiger partial charge on any atom is -0.211 e. The topological polar surface area (TPSA) is 29.4 Å². The van der Waals surface area contributed by atoms with Gasteiger partial charge in [0.2, 0.25) is 6.08 Å². The molecule has 0 rings (SSSR count). The summed E-state index contributed by atoms with van der Waals surface area (Å²) < 4.78 is 0. The molecule has 0 saturated carbocycles. The van der Waals surface area contributed by atoms with Crippen molar-refractivity contribution in [3.8, 4) is 0 Å². The molecule has 0 aliphatic heterocycles. The fraction of sp³-hybridized carbons (Fsp3) is 0.875.